The Bertz CT molecular complexity index is 1180. The molecular formula is C19H16N6O2. The normalized spacial score (nSPS) is 10.8. The first-order chi connectivity index (χ1) is 13.1. The van der Waals surface area contributed by atoms with Crippen molar-refractivity contribution >= 4 is 28.3 Å². The molecule has 0 aliphatic heterocycles. The van der Waals surface area contributed by atoms with Crippen LogP contribution in [0.3, 0.4) is 0 Å². The van der Waals surface area contributed by atoms with E-state index in [1.54, 1.807) is 28.9 Å². The first kappa shape index (κ1) is 16.5. The van der Waals surface area contributed by atoms with Gasteiger partial charge in [-0.25, -0.2) is 9.67 Å². The molecule has 2 aromatic carbocycles. The molecule has 0 aliphatic rings. The second kappa shape index (κ2) is 6.75. The third kappa shape index (κ3) is 3.15. The lowest BCUT2D eigenvalue weighted by molar-refractivity contribution is -0.116. The van der Waals surface area contributed by atoms with Gasteiger partial charge >= 0.3 is 0 Å². The average molecular weight is 360 g/mol. The molecule has 0 saturated carbocycles. The number of nitrogens with two attached hydrogens (primary N) is 1. The summed E-state index contributed by atoms with van der Waals surface area (Å²) in [5.41, 5.74) is 7.68. The number of nitrogen functional groups attached to an aromatic ring is 1. The van der Waals surface area contributed by atoms with Crippen LogP contribution < -0.4 is 16.6 Å². The maximum absolute atomic E-state index is 12.7. The molecule has 0 bridgehead atoms. The summed E-state index contributed by atoms with van der Waals surface area (Å²) >= 11 is 0. The van der Waals surface area contributed by atoms with Crippen molar-refractivity contribution in [2.75, 3.05) is 11.1 Å². The Balaban J connectivity index is 1.62. The fourth-order valence-corrected chi connectivity index (χ4v) is 2.77. The van der Waals surface area contributed by atoms with E-state index in [-0.39, 0.29) is 18.0 Å². The van der Waals surface area contributed by atoms with E-state index in [1.165, 1.54) is 17.1 Å². The van der Waals surface area contributed by atoms with E-state index < -0.39 is 0 Å². The van der Waals surface area contributed by atoms with Gasteiger partial charge in [0, 0.05) is 0 Å². The SMILES string of the molecule is Nc1ccccc1NC(=O)Cn1cnc2c(cnn2-c2ccccc2)c1=O. The quantitative estimate of drug-likeness (QED) is 0.540. The Morgan fingerprint density at radius 2 is 1.81 bits per heavy atom. The number of fused-ring (bicyclic) bond motifs is 1. The summed E-state index contributed by atoms with van der Waals surface area (Å²) in [5.74, 6) is -0.369. The number of hydrogen-bond donors (Lipinski definition) is 2. The zero-order valence-corrected chi connectivity index (χ0v) is 14.2. The Morgan fingerprint density at radius 1 is 1.07 bits per heavy atom. The highest BCUT2D eigenvalue weighted by atomic mass is 16.2. The van der Waals surface area contributed by atoms with E-state index in [2.05, 4.69) is 15.4 Å². The van der Waals surface area contributed by atoms with Crippen molar-refractivity contribution in [1.29, 1.82) is 0 Å². The largest absolute Gasteiger partial charge is 0.397 e. The Hall–Kier alpha value is -3.94. The second-order valence-electron chi connectivity index (χ2n) is 5.94. The first-order valence-electron chi connectivity index (χ1n) is 8.26. The van der Waals surface area contributed by atoms with Gasteiger partial charge < -0.3 is 11.1 Å². The highest BCUT2D eigenvalue weighted by Crippen LogP contribution is 2.17. The number of hydrogen-bond acceptors (Lipinski definition) is 5. The number of nitrogens with one attached hydrogen (secondary N) is 1. The van der Waals surface area contributed by atoms with Gasteiger partial charge in [-0.15, -0.1) is 0 Å². The van der Waals surface area contributed by atoms with Crippen molar-refractivity contribution in [3.8, 4) is 5.69 Å². The molecule has 0 atom stereocenters. The molecule has 2 heterocycles. The van der Waals surface area contributed by atoms with Gasteiger partial charge in [-0.1, -0.05) is 30.3 Å². The Kier molecular flexibility index (Phi) is 4.13. The van der Waals surface area contributed by atoms with Gasteiger partial charge in [-0.05, 0) is 24.3 Å². The molecule has 0 aliphatic carbocycles. The lowest BCUT2D eigenvalue weighted by Gasteiger charge is -2.09. The molecule has 4 rings (SSSR count). The molecule has 0 spiro atoms. The molecule has 1 amide bonds. The Labute approximate surface area is 153 Å². The molecule has 0 unspecified atom stereocenters. The lowest BCUT2D eigenvalue weighted by Crippen LogP contribution is -2.28. The van der Waals surface area contributed by atoms with Crippen molar-refractivity contribution in [1.82, 2.24) is 19.3 Å². The fourth-order valence-electron chi connectivity index (χ4n) is 2.77. The van der Waals surface area contributed by atoms with Crippen LogP contribution in [0.1, 0.15) is 0 Å². The minimum Gasteiger partial charge on any atom is -0.397 e. The highest BCUT2D eigenvalue weighted by Gasteiger charge is 2.13. The third-order valence-electron chi connectivity index (χ3n) is 4.10. The number of para-hydroxylation sites is 3. The topological polar surface area (TPSA) is 108 Å². The van der Waals surface area contributed by atoms with Crippen LogP contribution in [0.4, 0.5) is 11.4 Å². The average Bonchev–Trinajstić information content (AvgIpc) is 3.11. The van der Waals surface area contributed by atoms with Gasteiger partial charge in [-0.2, -0.15) is 5.10 Å². The monoisotopic (exact) mass is 360 g/mol. The minimum absolute atomic E-state index is 0.174. The van der Waals surface area contributed by atoms with Crippen LogP contribution in [0.5, 0.6) is 0 Å². The predicted molar refractivity (Wildman–Crippen MR) is 103 cm³/mol. The van der Waals surface area contributed by atoms with Crippen molar-refractivity contribution in [2.24, 2.45) is 0 Å². The molecule has 3 N–H and O–H groups in total. The summed E-state index contributed by atoms with van der Waals surface area (Å²) in [7, 11) is 0. The van der Waals surface area contributed by atoms with Crippen LogP contribution in [0.2, 0.25) is 0 Å². The number of amides is 1. The first-order valence-corrected chi connectivity index (χ1v) is 8.26. The second-order valence-corrected chi connectivity index (χ2v) is 5.94. The molecule has 8 heteroatoms. The molecule has 8 nitrogen and oxygen atoms in total. The van der Waals surface area contributed by atoms with Gasteiger partial charge in [0.05, 0.1) is 23.3 Å². The number of aromatic nitrogens is 4. The predicted octanol–water partition coefficient (Wildman–Crippen LogP) is 1.80. The number of rotatable bonds is 4. The maximum atomic E-state index is 12.7. The molecular weight excluding hydrogens is 344 g/mol. The summed E-state index contributed by atoms with van der Waals surface area (Å²) in [6.45, 7) is -0.174. The van der Waals surface area contributed by atoms with Crippen molar-refractivity contribution in [2.45, 2.75) is 6.54 Å². The van der Waals surface area contributed by atoms with Crippen molar-refractivity contribution in [3.63, 3.8) is 0 Å². The summed E-state index contributed by atoms with van der Waals surface area (Å²) in [6, 6.07) is 16.3. The molecule has 2 aromatic heterocycles. The molecule has 0 fully saturated rings. The number of benzene rings is 2. The van der Waals surface area contributed by atoms with Crippen LogP contribution in [-0.4, -0.2) is 25.2 Å². The molecule has 4 aromatic rings. The summed E-state index contributed by atoms with van der Waals surface area (Å²) < 4.78 is 2.83. The molecule has 0 saturated heterocycles. The van der Waals surface area contributed by atoms with E-state index in [1.807, 2.05) is 30.3 Å². The standard InChI is InChI=1S/C19H16N6O2/c20-15-8-4-5-9-16(15)23-17(26)11-24-12-21-18-14(19(24)27)10-22-25(18)13-6-2-1-3-7-13/h1-10,12H,11,20H2,(H,23,26). The van der Waals surface area contributed by atoms with Gasteiger partial charge in [0.25, 0.3) is 5.56 Å². The van der Waals surface area contributed by atoms with E-state index in [9.17, 15) is 9.59 Å². The van der Waals surface area contributed by atoms with E-state index >= 15 is 0 Å². The molecule has 27 heavy (non-hydrogen) atoms. The lowest BCUT2D eigenvalue weighted by atomic mass is 10.2. The van der Waals surface area contributed by atoms with Gasteiger partial charge in [-0.3, -0.25) is 14.2 Å². The molecule has 134 valence electrons. The smallest absolute Gasteiger partial charge is 0.264 e. The summed E-state index contributed by atoms with van der Waals surface area (Å²) in [4.78, 5) is 29.3. The maximum Gasteiger partial charge on any atom is 0.264 e. The van der Waals surface area contributed by atoms with Crippen LogP contribution in [0.15, 0.2) is 71.9 Å². The number of nitrogens with zero attached hydrogens (tertiary/aromatic N) is 4. The van der Waals surface area contributed by atoms with E-state index in [0.717, 1.165) is 5.69 Å². The zero-order chi connectivity index (χ0) is 18.8. The van der Waals surface area contributed by atoms with Crippen LogP contribution >= 0.6 is 0 Å². The van der Waals surface area contributed by atoms with Crippen LogP contribution in [0.25, 0.3) is 16.7 Å². The molecule has 0 radical (unpaired) electrons. The number of carbonyl (C=O) groups is 1. The fraction of sp³-hybridized carbons (Fsp3) is 0.0526. The van der Waals surface area contributed by atoms with Gasteiger partial charge in [0.2, 0.25) is 5.91 Å². The van der Waals surface area contributed by atoms with Gasteiger partial charge in [0.1, 0.15) is 18.3 Å². The summed E-state index contributed by atoms with van der Waals surface area (Å²) in [6.07, 6.45) is 2.81. The number of anilines is 2. The summed E-state index contributed by atoms with van der Waals surface area (Å²) in [5, 5.41) is 7.28. The number of carbonyl (C=O) groups excluding carboxylic acids is 1. The highest BCUT2D eigenvalue weighted by molar-refractivity contribution is 5.93. The van der Waals surface area contributed by atoms with Gasteiger partial charge in [0.15, 0.2) is 5.65 Å². The minimum atomic E-state index is -0.369. The Morgan fingerprint density at radius 3 is 2.59 bits per heavy atom. The van der Waals surface area contributed by atoms with Crippen molar-refractivity contribution in [3.05, 3.63) is 77.5 Å². The van der Waals surface area contributed by atoms with Crippen LogP contribution in [0, 0.1) is 0 Å². The van der Waals surface area contributed by atoms with Crippen LogP contribution in [-0.2, 0) is 11.3 Å². The third-order valence-corrected chi connectivity index (χ3v) is 4.10. The van der Waals surface area contributed by atoms with E-state index in [0.29, 0.717) is 22.4 Å². The zero-order valence-electron chi connectivity index (χ0n) is 14.2. The van der Waals surface area contributed by atoms with Crippen molar-refractivity contribution < 1.29 is 4.79 Å². The van der Waals surface area contributed by atoms with E-state index in [4.69, 9.17) is 5.73 Å².